The molecule has 2 heterocycles. The van der Waals surface area contributed by atoms with E-state index in [1.165, 1.54) is 4.90 Å². The lowest BCUT2D eigenvalue weighted by Gasteiger charge is -2.24. The second-order valence-electron chi connectivity index (χ2n) is 7.78. The van der Waals surface area contributed by atoms with Crippen LogP contribution in [0.15, 0.2) is 73.1 Å². The summed E-state index contributed by atoms with van der Waals surface area (Å²) in [4.78, 5) is 31.8. The number of hydrogen-bond donors (Lipinski definition) is 1. The first-order chi connectivity index (χ1) is 15.0. The highest BCUT2D eigenvalue weighted by molar-refractivity contribution is 6.30. The highest BCUT2D eigenvalue weighted by Crippen LogP contribution is 2.25. The number of likely N-dealkylation sites (tertiary alicyclic amines) is 1. The molecule has 6 heteroatoms. The molecule has 4 rings (SSSR count). The number of Topliss-reactive ketones (excluding diaryl/α,β-unsaturated/α-hetero) is 1. The Hall–Kier alpha value is -3.02. The fraction of sp³-hybridized carbons (Fsp3) is 0.240. The van der Waals surface area contributed by atoms with Gasteiger partial charge in [-0.1, -0.05) is 41.9 Å². The maximum atomic E-state index is 13.2. The second-order valence-corrected chi connectivity index (χ2v) is 8.21. The summed E-state index contributed by atoms with van der Waals surface area (Å²) in [6, 6.07) is 17.8. The fourth-order valence-corrected chi connectivity index (χ4v) is 4.09. The van der Waals surface area contributed by atoms with Gasteiger partial charge in [0.1, 0.15) is 0 Å². The first-order valence-corrected chi connectivity index (χ1v) is 10.7. The summed E-state index contributed by atoms with van der Waals surface area (Å²) in [7, 11) is 0. The Morgan fingerprint density at radius 1 is 1.06 bits per heavy atom. The van der Waals surface area contributed by atoms with Gasteiger partial charge < -0.3 is 10.0 Å². The molecule has 0 unspecified atom stereocenters. The molecule has 1 fully saturated rings. The Morgan fingerprint density at radius 2 is 1.84 bits per heavy atom. The van der Waals surface area contributed by atoms with Gasteiger partial charge in [-0.3, -0.25) is 14.6 Å². The third-order valence-corrected chi connectivity index (χ3v) is 5.84. The van der Waals surface area contributed by atoms with Crippen molar-refractivity contribution in [2.45, 2.75) is 31.4 Å². The standard InChI is InChI=1S/C25H23ClN2O3/c26-21-9-6-17(7-10-21)8-11-24(30)23-14-22(29)16-28(23)25(31)19-4-1-3-18(13-19)20-5-2-12-27-15-20/h1-7,9-10,12-13,15,22-23,29H,8,11,14,16H2/t22-,23+/m1/s1. The Balaban J connectivity index is 1.49. The highest BCUT2D eigenvalue weighted by Gasteiger charge is 2.38. The molecule has 0 saturated carbocycles. The van der Waals surface area contributed by atoms with E-state index in [1.807, 2.05) is 36.4 Å². The van der Waals surface area contributed by atoms with Crippen LogP contribution in [0.3, 0.4) is 0 Å². The van der Waals surface area contributed by atoms with Gasteiger partial charge in [0.15, 0.2) is 5.78 Å². The third-order valence-electron chi connectivity index (χ3n) is 5.59. The normalized spacial score (nSPS) is 18.2. The minimum Gasteiger partial charge on any atom is -0.391 e. The smallest absolute Gasteiger partial charge is 0.254 e. The maximum absolute atomic E-state index is 13.2. The van der Waals surface area contributed by atoms with Crippen LogP contribution in [0.1, 0.15) is 28.8 Å². The number of benzene rings is 2. The summed E-state index contributed by atoms with van der Waals surface area (Å²) in [5.74, 6) is -0.282. The quantitative estimate of drug-likeness (QED) is 0.631. The number of β-amino-alcohol motifs (C(OH)–C–C–N with tert-alkyl or cyclic N) is 1. The lowest BCUT2D eigenvalue weighted by molar-refractivity contribution is -0.122. The van der Waals surface area contributed by atoms with Gasteiger partial charge >= 0.3 is 0 Å². The van der Waals surface area contributed by atoms with Crippen molar-refractivity contribution >= 4 is 23.3 Å². The van der Waals surface area contributed by atoms with Crippen LogP contribution in [0.25, 0.3) is 11.1 Å². The molecule has 1 N–H and O–H groups in total. The molecule has 0 spiro atoms. The highest BCUT2D eigenvalue weighted by atomic mass is 35.5. The van der Waals surface area contributed by atoms with E-state index in [2.05, 4.69) is 4.98 Å². The molecular weight excluding hydrogens is 412 g/mol. The van der Waals surface area contributed by atoms with Crippen molar-refractivity contribution in [1.82, 2.24) is 9.88 Å². The number of ketones is 1. The summed E-state index contributed by atoms with van der Waals surface area (Å²) in [5, 5.41) is 10.8. The van der Waals surface area contributed by atoms with Gasteiger partial charge in [0, 0.05) is 47.9 Å². The summed E-state index contributed by atoms with van der Waals surface area (Å²) in [5.41, 5.74) is 3.29. The van der Waals surface area contributed by atoms with E-state index >= 15 is 0 Å². The average molecular weight is 435 g/mol. The number of aliphatic hydroxyl groups excluding tert-OH is 1. The van der Waals surface area contributed by atoms with E-state index in [-0.39, 0.29) is 24.7 Å². The van der Waals surface area contributed by atoms with Gasteiger partial charge in [-0.2, -0.15) is 0 Å². The van der Waals surface area contributed by atoms with Crippen molar-refractivity contribution in [2.24, 2.45) is 0 Å². The number of aromatic nitrogens is 1. The van der Waals surface area contributed by atoms with Crippen LogP contribution in [-0.2, 0) is 11.2 Å². The zero-order chi connectivity index (χ0) is 21.8. The largest absolute Gasteiger partial charge is 0.391 e. The Morgan fingerprint density at radius 3 is 2.58 bits per heavy atom. The third kappa shape index (κ3) is 5.01. The van der Waals surface area contributed by atoms with Crippen molar-refractivity contribution in [3.8, 4) is 11.1 Å². The summed E-state index contributed by atoms with van der Waals surface area (Å²) >= 11 is 5.91. The van der Waals surface area contributed by atoms with E-state index in [9.17, 15) is 14.7 Å². The van der Waals surface area contributed by atoms with E-state index < -0.39 is 12.1 Å². The molecule has 2 aromatic carbocycles. The summed E-state index contributed by atoms with van der Waals surface area (Å²) in [6.45, 7) is 0.160. The predicted molar refractivity (Wildman–Crippen MR) is 120 cm³/mol. The number of nitrogens with zero attached hydrogens (tertiary/aromatic N) is 2. The number of aliphatic hydroxyl groups is 1. The summed E-state index contributed by atoms with van der Waals surface area (Å²) < 4.78 is 0. The van der Waals surface area contributed by atoms with Gasteiger partial charge in [-0.05, 0) is 47.9 Å². The molecule has 0 bridgehead atoms. The average Bonchev–Trinajstić information content (AvgIpc) is 3.20. The molecule has 1 amide bonds. The maximum Gasteiger partial charge on any atom is 0.254 e. The summed E-state index contributed by atoms with van der Waals surface area (Å²) in [6.07, 6.45) is 3.89. The Labute approximate surface area is 186 Å². The van der Waals surface area contributed by atoms with E-state index in [0.717, 1.165) is 16.7 Å². The number of carbonyl (C=O) groups excluding carboxylic acids is 2. The van der Waals surface area contributed by atoms with Crippen LogP contribution in [0.4, 0.5) is 0 Å². The van der Waals surface area contributed by atoms with Crippen molar-refractivity contribution in [2.75, 3.05) is 6.54 Å². The molecule has 0 radical (unpaired) electrons. The van der Waals surface area contributed by atoms with Crippen LogP contribution in [0, 0.1) is 0 Å². The number of pyridine rings is 1. The van der Waals surface area contributed by atoms with Crippen molar-refractivity contribution < 1.29 is 14.7 Å². The monoisotopic (exact) mass is 434 g/mol. The van der Waals surface area contributed by atoms with Crippen LogP contribution >= 0.6 is 11.6 Å². The van der Waals surface area contributed by atoms with Gasteiger partial charge in [0.25, 0.3) is 5.91 Å². The molecule has 1 aliphatic rings. The van der Waals surface area contributed by atoms with Crippen molar-refractivity contribution in [1.29, 1.82) is 0 Å². The SMILES string of the molecule is O=C(CCc1ccc(Cl)cc1)[C@@H]1C[C@@H](O)CN1C(=O)c1cccc(-c2cccnc2)c1. The lowest BCUT2D eigenvalue weighted by Crippen LogP contribution is -2.40. The van der Waals surface area contributed by atoms with E-state index in [1.54, 1.807) is 36.7 Å². The predicted octanol–water partition coefficient (Wildman–Crippen LogP) is 4.18. The van der Waals surface area contributed by atoms with Crippen LogP contribution in [0.2, 0.25) is 5.02 Å². The number of aryl methyl sites for hydroxylation is 1. The van der Waals surface area contributed by atoms with Crippen LogP contribution in [0.5, 0.6) is 0 Å². The van der Waals surface area contributed by atoms with Gasteiger partial charge in [-0.25, -0.2) is 0 Å². The van der Waals surface area contributed by atoms with Crippen LogP contribution < -0.4 is 0 Å². The van der Waals surface area contributed by atoms with Crippen molar-refractivity contribution in [3.63, 3.8) is 0 Å². The second kappa shape index (κ2) is 9.41. The minimum absolute atomic E-state index is 0.0386. The molecule has 2 atom stereocenters. The Kier molecular flexibility index (Phi) is 6.44. The topological polar surface area (TPSA) is 70.5 Å². The number of hydrogen-bond acceptors (Lipinski definition) is 4. The van der Waals surface area contributed by atoms with E-state index in [4.69, 9.17) is 11.6 Å². The van der Waals surface area contributed by atoms with E-state index in [0.29, 0.717) is 23.4 Å². The number of amides is 1. The molecule has 5 nitrogen and oxygen atoms in total. The molecule has 1 aliphatic heterocycles. The fourth-order valence-electron chi connectivity index (χ4n) is 3.96. The number of halogens is 1. The molecule has 31 heavy (non-hydrogen) atoms. The van der Waals surface area contributed by atoms with Gasteiger partial charge in [0.05, 0.1) is 12.1 Å². The number of rotatable bonds is 6. The zero-order valence-electron chi connectivity index (χ0n) is 16.9. The first-order valence-electron chi connectivity index (χ1n) is 10.3. The molecule has 1 aromatic heterocycles. The van der Waals surface area contributed by atoms with Gasteiger partial charge in [0.2, 0.25) is 0 Å². The van der Waals surface area contributed by atoms with Crippen molar-refractivity contribution in [3.05, 3.63) is 89.2 Å². The van der Waals surface area contributed by atoms with Crippen LogP contribution in [-0.4, -0.2) is 45.4 Å². The molecule has 158 valence electrons. The molecule has 1 saturated heterocycles. The molecular formula is C25H23ClN2O3. The lowest BCUT2D eigenvalue weighted by atomic mass is 10.0. The first kappa shape index (κ1) is 21.2. The molecule has 3 aromatic rings. The number of carbonyl (C=O) groups is 2. The zero-order valence-corrected chi connectivity index (χ0v) is 17.7. The van der Waals surface area contributed by atoms with Gasteiger partial charge in [-0.15, -0.1) is 0 Å². The molecule has 0 aliphatic carbocycles. The minimum atomic E-state index is -0.699. The Bertz CT molecular complexity index is 1070.